The van der Waals surface area contributed by atoms with Gasteiger partial charge in [-0.05, 0) is 32.2 Å². The summed E-state index contributed by atoms with van der Waals surface area (Å²) in [6.45, 7) is 3.48. The van der Waals surface area contributed by atoms with Crippen LogP contribution in [0.25, 0.3) is 0 Å². The lowest BCUT2D eigenvalue weighted by molar-refractivity contribution is 0.499. The fourth-order valence-electron chi connectivity index (χ4n) is 2.18. The van der Waals surface area contributed by atoms with E-state index in [2.05, 4.69) is 24.4 Å². The molecule has 0 aromatic rings. The van der Waals surface area contributed by atoms with Crippen molar-refractivity contribution in [1.29, 1.82) is 0 Å². The van der Waals surface area contributed by atoms with Gasteiger partial charge in [0.1, 0.15) is 0 Å². The van der Waals surface area contributed by atoms with Crippen molar-refractivity contribution < 1.29 is 0 Å². The third-order valence-corrected chi connectivity index (χ3v) is 3.19. The summed E-state index contributed by atoms with van der Waals surface area (Å²) >= 11 is 0. The third-order valence-electron chi connectivity index (χ3n) is 3.19. The van der Waals surface area contributed by atoms with E-state index in [-0.39, 0.29) is 0 Å². The molecule has 1 heteroatoms. The Kier molecular flexibility index (Phi) is 7.63. The number of unbranched alkanes of at least 4 members (excludes halogenated alkanes) is 5. The highest BCUT2D eigenvalue weighted by Gasteiger charge is 2.05. The van der Waals surface area contributed by atoms with Gasteiger partial charge >= 0.3 is 0 Å². The van der Waals surface area contributed by atoms with Crippen LogP contribution in [0, 0.1) is 0 Å². The summed E-state index contributed by atoms with van der Waals surface area (Å²) in [5.41, 5.74) is 0. The van der Waals surface area contributed by atoms with Gasteiger partial charge in [-0.25, -0.2) is 0 Å². The summed E-state index contributed by atoms with van der Waals surface area (Å²) in [4.78, 5) is 0. The van der Waals surface area contributed by atoms with Crippen molar-refractivity contribution >= 4 is 0 Å². The van der Waals surface area contributed by atoms with E-state index in [0.29, 0.717) is 6.04 Å². The quantitative estimate of drug-likeness (QED) is 0.470. The number of allylic oxidation sites excluding steroid dienone is 1. The minimum absolute atomic E-state index is 0.675. The van der Waals surface area contributed by atoms with Crippen molar-refractivity contribution in [2.24, 2.45) is 0 Å². The second kappa shape index (κ2) is 8.96. The molecule has 0 bridgehead atoms. The van der Waals surface area contributed by atoms with Crippen LogP contribution in [0.5, 0.6) is 0 Å². The van der Waals surface area contributed by atoms with Gasteiger partial charge in [0.25, 0.3) is 0 Å². The number of nitrogens with one attached hydrogen (secondary N) is 1. The molecule has 0 amide bonds. The second-order valence-corrected chi connectivity index (χ2v) is 4.69. The molecule has 0 saturated carbocycles. The van der Waals surface area contributed by atoms with Gasteiger partial charge in [0.2, 0.25) is 0 Å². The van der Waals surface area contributed by atoms with Crippen LogP contribution >= 0.6 is 0 Å². The third kappa shape index (κ3) is 6.72. The fourth-order valence-corrected chi connectivity index (χ4v) is 2.18. The summed E-state index contributed by atoms with van der Waals surface area (Å²) in [6.07, 6.45) is 17.0. The van der Waals surface area contributed by atoms with Crippen molar-refractivity contribution in [3.8, 4) is 0 Å². The molecule has 1 N–H and O–H groups in total. The zero-order valence-corrected chi connectivity index (χ0v) is 10.3. The molecular weight excluding hydrogens is 182 g/mol. The molecule has 15 heavy (non-hydrogen) atoms. The molecule has 1 rings (SSSR count). The Hall–Kier alpha value is -0.300. The van der Waals surface area contributed by atoms with E-state index < -0.39 is 0 Å². The largest absolute Gasteiger partial charge is 0.311 e. The molecule has 0 radical (unpaired) electrons. The number of hydrogen-bond donors (Lipinski definition) is 1. The first-order chi connectivity index (χ1) is 7.43. The molecule has 0 aliphatic heterocycles. The molecule has 0 aromatic carbocycles. The van der Waals surface area contributed by atoms with Crippen molar-refractivity contribution in [3.63, 3.8) is 0 Å². The van der Waals surface area contributed by atoms with Crippen molar-refractivity contribution in [2.75, 3.05) is 6.54 Å². The average molecular weight is 209 g/mol. The molecule has 1 aliphatic rings. The van der Waals surface area contributed by atoms with Gasteiger partial charge in [0.15, 0.2) is 0 Å². The predicted octanol–water partition coefficient (Wildman–Crippen LogP) is 4.05. The van der Waals surface area contributed by atoms with Crippen LogP contribution in [0.4, 0.5) is 0 Å². The molecular formula is C14H27N. The normalized spacial score (nSPS) is 20.7. The highest BCUT2D eigenvalue weighted by molar-refractivity contribution is 4.97. The first-order valence-corrected chi connectivity index (χ1v) is 6.83. The summed E-state index contributed by atoms with van der Waals surface area (Å²) < 4.78 is 0. The minimum Gasteiger partial charge on any atom is -0.311 e. The summed E-state index contributed by atoms with van der Waals surface area (Å²) in [7, 11) is 0. The lowest BCUT2D eigenvalue weighted by Gasteiger charge is -2.17. The standard InChI is InChI=1S/C14H27N/c1-2-3-4-5-6-10-13-15-14-11-8-7-9-12-14/h8,11,14-15H,2-7,9-10,12-13H2,1H3/t14-/m1/s1. The van der Waals surface area contributed by atoms with Crippen LogP contribution in [0.2, 0.25) is 0 Å². The highest BCUT2D eigenvalue weighted by Crippen LogP contribution is 2.10. The molecule has 1 atom stereocenters. The molecule has 0 fully saturated rings. The topological polar surface area (TPSA) is 12.0 Å². The van der Waals surface area contributed by atoms with Crippen LogP contribution in [-0.2, 0) is 0 Å². The Labute approximate surface area is 95.3 Å². The Morgan fingerprint density at radius 3 is 2.67 bits per heavy atom. The van der Waals surface area contributed by atoms with E-state index in [1.165, 1.54) is 64.3 Å². The maximum atomic E-state index is 3.63. The molecule has 1 nitrogen and oxygen atoms in total. The summed E-state index contributed by atoms with van der Waals surface area (Å²) in [5, 5.41) is 3.63. The van der Waals surface area contributed by atoms with E-state index in [0.717, 1.165) is 0 Å². The van der Waals surface area contributed by atoms with Gasteiger partial charge < -0.3 is 5.32 Å². The summed E-state index contributed by atoms with van der Waals surface area (Å²) in [5.74, 6) is 0. The lowest BCUT2D eigenvalue weighted by Crippen LogP contribution is -2.29. The first-order valence-electron chi connectivity index (χ1n) is 6.83. The van der Waals surface area contributed by atoms with Gasteiger partial charge in [-0.2, -0.15) is 0 Å². The van der Waals surface area contributed by atoms with Crippen LogP contribution < -0.4 is 5.32 Å². The SMILES string of the molecule is CCCCCCCCN[C@@H]1C=CCCC1. The Bertz CT molecular complexity index is 163. The lowest BCUT2D eigenvalue weighted by atomic mass is 10.0. The Balaban J connectivity index is 1.84. The zero-order valence-electron chi connectivity index (χ0n) is 10.3. The van der Waals surface area contributed by atoms with Gasteiger partial charge in [-0.15, -0.1) is 0 Å². The van der Waals surface area contributed by atoms with E-state index in [1.54, 1.807) is 0 Å². The average Bonchev–Trinajstić information content (AvgIpc) is 2.29. The van der Waals surface area contributed by atoms with Gasteiger partial charge in [-0.3, -0.25) is 0 Å². The smallest absolute Gasteiger partial charge is 0.0250 e. The maximum Gasteiger partial charge on any atom is 0.0250 e. The second-order valence-electron chi connectivity index (χ2n) is 4.69. The molecule has 0 aromatic heterocycles. The molecule has 88 valence electrons. The Morgan fingerprint density at radius 2 is 1.93 bits per heavy atom. The number of hydrogen-bond acceptors (Lipinski definition) is 1. The fraction of sp³-hybridized carbons (Fsp3) is 0.857. The molecule has 0 saturated heterocycles. The zero-order chi connectivity index (χ0) is 10.8. The molecule has 0 unspecified atom stereocenters. The molecule has 0 spiro atoms. The first kappa shape index (κ1) is 12.8. The van der Waals surface area contributed by atoms with E-state index in [9.17, 15) is 0 Å². The van der Waals surface area contributed by atoms with Crippen LogP contribution in [0.3, 0.4) is 0 Å². The van der Waals surface area contributed by atoms with Crippen molar-refractivity contribution in [2.45, 2.75) is 70.8 Å². The van der Waals surface area contributed by atoms with Crippen molar-refractivity contribution in [3.05, 3.63) is 12.2 Å². The number of rotatable bonds is 8. The van der Waals surface area contributed by atoms with Crippen LogP contribution in [0.15, 0.2) is 12.2 Å². The Morgan fingerprint density at radius 1 is 1.13 bits per heavy atom. The van der Waals surface area contributed by atoms with Crippen molar-refractivity contribution in [1.82, 2.24) is 5.32 Å². The molecule has 1 aliphatic carbocycles. The van der Waals surface area contributed by atoms with Crippen LogP contribution in [-0.4, -0.2) is 12.6 Å². The minimum atomic E-state index is 0.675. The summed E-state index contributed by atoms with van der Waals surface area (Å²) in [6, 6.07) is 0.675. The van der Waals surface area contributed by atoms with E-state index in [1.807, 2.05) is 0 Å². The van der Waals surface area contributed by atoms with Gasteiger partial charge in [0.05, 0.1) is 0 Å². The van der Waals surface area contributed by atoms with Gasteiger partial charge in [0, 0.05) is 6.04 Å². The predicted molar refractivity (Wildman–Crippen MR) is 68.2 cm³/mol. The van der Waals surface area contributed by atoms with Crippen LogP contribution in [0.1, 0.15) is 64.7 Å². The molecule has 0 heterocycles. The maximum absolute atomic E-state index is 3.63. The monoisotopic (exact) mass is 209 g/mol. The highest BCUT2D eigenvalue weighted by atomic mass is 14.9. The van der Waals surface area contributed by atoms with E-state index in [4.69, 9.17) is 0 Å². The van der Waals surface area contributed by atoms with Gasteiger partial charge in [-0.1, -0.05) is 51.2 Å². The van der Waals surface area contributed by atoms with E-state index >= 15 is 0 Å².